The van der Waals surface area contributed by atoms with Crippen LogP contribution < -0.4 is 5.32 Å². The maximum absolute atomic E-state index is 12.8. The van der Waals surface area contributed by atoms with Gasteiger partial charge in [-0.15, -0.1) is 0 Å². The van der Waals surface area contributed by atoms with Gasteiger partial charge in [-0.25, -0.2) is 0 Å². The second kappa shape index (κ2) is 6.06. The fraction of sp³-hybridized carbons (Fsp3) is 0.588. The van der Waals surface area contributed by atoms with E-state index in [1.807, 2.05) is 24.1 Å². The van der Waals surface area contributed by atoms with Crippen LogP contribution in [0, 0.1) is 0 Å². The molecule has 1 aromatic rings. The monoisotopic (exact) mass is 287 g/mol. The van der Waals surface area contributed by atoms with Gasteiger partial charge in [0.2, 0.25) is 5.91 Å². The Balaban J connectivity index is 1.70. The maximum atomic E-state index is 12.8. The summed E-state index contributed by atoms with van der Waals surface area (Å²) in [7, 11) is 4.12. The summed E-state index contributed by atoms with van der Waals surface area (Å²) in [6.45, 7) is 2.88. The first-order chi connectivity index (χ1) is 10.2. The number of rotatable bonds is 3. The molecule has 0 radical (unpaired) electrons. The smallest absolute Gasteiger partial charge is 0.230 e. The van der Waals surface area contributed by atoms with E-state index < -0.39 is 0 Å². The zero-order valence-corrected chi connectivity index (χ0v) is 13.0. The van der Waals surface area contributed by atoms with E-state index in [0.29, 0.717) is 6.04 Å². The molecule has 0 saturated carbocycles. The molecule has 0 spiro atoms. The lowest BCUT2D eigenvalue weighted by atomic mass is 9.90. The predicted molar refractivity (Wildman–Crippen MR) is 85.6 cm³/mol. The fourth-order valence-electron chi connectivity index (χ4n) is 3.61. The van der Waals surface area contributed by atoms with Gasteiger partial charge >= 0.3 is 0 Å². The average Bonchev–Trinajstić information content (AvgIpc) is 2.91. The molecule has 1 amide bonds. The highest BCUT2D eigenvalue weighted by atomic mass is 16.2. The predicted octanol–water partition coefficient (Wildman–Crippen LogP) is 2.14. The van der Waals surface area contributed by atoms with Crippen molar-refractivity contribution in [2.75, 3.05) is 39.0 Å². The van der Waals surface area contributed by atoms with E-state index in [1.54, 1.807) is 0 Å². The Bertz CT molecular complexity index is 517. The Morgan fingerprint density at radius 3 is 2.95 bits per heavy atom. The van der Waals surface area contributed by atoms with Crippen molar-refractivity contribution >= 4 is 11.6 Å². The van der Waals surface area contributed by atoms with Crippen LogP contribution in [0.1, 0.15) is 30.7 Å². The van der Waals surface area contributed by atoms with Gasteiger partial charge in [0.15, 0.2) is 0 Å². The molecule has 0 bridgehead atoms. The highest BCUT2D eigenvalue weighted by Gasteiger charge is 2.30. The van der Waals surface area contributed by atoms with Crippen LogP contribution in [0.5, 0.6) is 0 Å². The summed E-state index contributed by atoms with van der Waals surface area (Å²) in [5, 5.41) is 3.39. The van der Waals surface area contributed by atoms with E-state index >= 15 is 0 Å². The Kier molecular flexibility index (Phi) is 4.15. The summed E-state index contributed by atoms with van der Waals surface area (Å²) in [6, 6.07) is 8.72. The standard InChI is InChI=1S/C17H25N3O/c1-19-11-5-6-13(19)12-20(2)17(21)15-9-10-18-16-8-4-3-7-14(15)16/h3-4,7-8,13,15,18H,5-6,9-12H2,1-2H3. The van der Waals surface area contributed by atoms with Crippen LogP contribution in [0.4, 0.5) is 5.69 Å². The average molecular weight is 287 g/mol. The molecule has 1 aromatic carbocycles. The van der Waals surface area contributed by atoms with Crippen molar-refractivity contribution < 1.29 is 4.79 Å². The van der Waals surface area contributed by atoms with Gasteiger partial charge in [0.05, 0.1) is 5.92 Å². The fourth-order valence-corrected chi connectivity index (χ4v) is 3.61. The number of amides is 1. The van der Waals surface area contributed by atoms with Crippen LogP contribution in [0.3, 0.4) is 0 Å². The van der Waals surface area contributed by atoms with Gasteiger partial charge < -0.3 is 15.1 Å². The third-order valence-electron chi connectivity index (χ3n) is 4.92. The number of carbonyl (C=O) groups excluding carboxylic acids is 1. The third kappa shape index (κ3) is 2.91. The zero-order valence-electron chi connectivity index (χ0n) is 13.0. The molecule has 2 aliphatic heterocycles. The van der Waals surface area contributed by atoms with Gasteiger partial charge in [0, 0.05) is 31.9 Å². The largest absolute Gasteiger partial charge is 0.385 e. The molecule has 4 nitrogen and oxygen atoms in total. The third-order valence-corrected chi connectivity index (χ3v) is 4.92. The molecule has 2 unspecified atom stereocenters. The molecular formula is C17H25N3O. The van der Waals surface area contributed by atoms with E-state index in [0.717, 1.165) is 37.3 Å². The summed E-state index contributed by atoms with van der Waals surface area (Å²) < 4.78 is 0. The topological polar surface area (TPSA) is 35.6 Å². The Labute approximate surface area is 127 Å². The molecule has 1 N–H and O–H groups in total. The molecule has 2 aliphatic rings. The first kappa shape index (κ1) is 14.4. The van der Waals surface area contributed by atoms with Gasteiger partial charge in [-0.3, -0.25) is 4.79 Å². The van der Waals surface area contributed by atoms with Gasteiger partial charge in [-0.05, 0) is 44.5 Å². The number of nitrogens with zero attached hydrogens (tertiary/aromatic N) is 2. The summed E-state index contributed by atoms with van der Waals surface area (Å²) in [5.41, 5.74) is 2.27. The minimum atomic E-state index is 0.0131. The Morgan fingerprint density at radius 2 is 2.19 bits per heavy atom. The summed E-state index contributed by atoms with van der Waals surface area (Å²) in [6.07, 6.45) is 3.34. The molecule has 2 heterocycles. The van der Waals surface area contributed by atoms with E-state index in [9.17, 15) is 4.79 Å². The van der Waals surface area contributed by atoms with Crippen LogP contribution >= 0.6 is 0 Å². The molecule has 21 heavy (non-hydrogen) atoms. The molecule has 4 heteroatoms. The number of fused-ring (bicyclic) bond motifs is 1. The molecule has 0 aliphatic carbocycles. The number of likely N-dealkylation sites (tertiary alicyclic amines) is 1. The van der Waals surface area contributed by atoms with E-state index in [-0.39, 0.29) is 11.8 Å². The maximum Gasteiger partial charge on any atom is 0.230 e. The van der Waals surface area contributed by atoms with Crippen molar-refractivity contribution in [2.45, 2.75) is 31.2 Å². The number of hydrogen-bond donors (Lipinski definition) is 1. The zero-order chi connectivity index (χ0) is 14.8. The number of hydrogen-bond acceptors (Lipinski definition) is 3. The van der Waals surface area contributed by atoms with Crippen molar-refractivity contribution in [3.8, 4) is 0 Å². The molecular weight excluding hydrogens is 262 g/mol. The number of para-hydroxylation sites is 1. The lowest BCUT2D eigenvalue weighted by Gasteiger charge is -2.32. The number of likely N-dealkylation sites (N-methyl/N-ethyl adjacent to an activating group) is 2. The van der Waals surface area contributed by atoms with Gasteiger partial charge in [0.25, 0.3) is 0 Å². The summed E-state index contributed by atoms with van der Waals surface area (Å²) in [5.74, 6) is 0.281. The Morgan fingerprint density at radius 1 is 1.38 bits per heavy atom. The summed E-state index contributed by atoms with van der Waals surface area (Å²) in [4.78, 5) is 17.2. The normalized spacial score (nSPS) is 25.2. The second-order valence-electron chi connectivity index (χ2n) is 6.35. The number of carbonyl (C=O) groups is 1. The number of anilines is 1. The molecule has 114 valence electrons. The van der Waals surface area contributed by atoms with Crippen molar-refractivity contribution in [1.82, 2.24) is 9.80 Å². The second-order valence-corrected chi connectivity index (χ2v) is 6.35. The van der Waals surface area contributed by atoms with E-state index in [2.05, 4.69) is 29.4 Å². The van der Waals surface area contributed by atoms with Gasteiger partial charge in [-0.1, -0.05) is 18.2 Å². The van der Waals surface area contributed by atoms with Gasteiger partial charge in [-0.2, -0.15) is 0 Å². The first-order valence-corrected chi connectivity index (χ1v) is 7.95. The Hall–Kier alpha value is -1.55. The van der Waals surface area contributed by atoms with Crippen molar-refractivity contribution in [1.29, 1.82) is 0 Å². The minimum absolute atomic E-state index is 0.0131. The van der Waals surface area contributed by atoms with Crippen LogP contribution in [0.25, 0.3) is 0 Å². The minimum Gasteiger partial charge on any atom is -0.385 e. The van der Waals surface area contributed by atoms with Crippen molar-refractivity contribution in [3.05, 3.63) is 29.8 Å². The molecule has 3 rings (SSSR count). The number of benzene rings is 1. The van der Waals surface area contributed by atoms with Crippen molar-refractivity contribution in [2.24, 2.45) is 0 Å². The molecule has 1 saturated heterocycles. The first-order valence-electron chi connectivity index (χ1n) is 7.95. The highest BCUT2D eigenvalue weighted by Crippen LogP contribution is 2.32. The summed E-state index contributed by atoms with van der Waals surface area (Å²) >= 11 is 0. The van der Waals surface area contributed by atoms with Crippen LogP contribution in [-0.2, 0) is 4.79 Å². The molecule has 0 aromatic heterocycles. The van der Waals surface area contributed by atoms with E-state index in [1.165, 1.54) is 12.8 Å². The molecule has 2 atom stereocenters. The number of nitrogens with one attached hydrogen (secondary N) is 1. The lowest BCUT2D eigenvalue weighted by Crippen LogP contribution is -2.42. The van der Waals surface area contributed by atoms with Crippen LogP contribution in [0.15, 0.2) is 24.3 Å². The highest BCUT2D eigenvalue weighted by molar-refractivity contribution is 5.86. The van der Waals surface area contributed by atoms with Crippen LogP contribution in [0.2, 0.25) is 0 Å². The van der Waals surface area contributed by atoms with Gasteiger partial charge in [0.1, 0.15) is 0 Å². The van der Waals surface area contributed by atoms with Crippen molar-refractivity contribution in [3.63, 3.8) is 0 Å². The quantitative estimate of drug-likeness (QED) is 0.925. The van der Waals surface area contributed by atoms with E-state index in [4.69, 9.17) is 0 Å². The molecule has 1 fully saturated rings. The van der Waals surface area contributed by atoms with Crippen LogP contribution in [-0.4, -0.2) is 55.5 Å². The SMILES string of the molecule is CN(CC1CCCN1C)C(=O)C1CCNc2ccccc21. The lowest BCUT2D eigenvalue weighted by molar-refractivity contribution is -0.132.